The standard InChI is InChI=1S/C14H9BrClNS/c15-14-13(18-10-4-2-1-3-5-10)11-8-9(16)6-7-12(11)17-14/h1-8,17H. The van der Waals surface area contributed by atoms with Crippen LogP contribution >= 0.6 is 39.3 Å². The molecule has 3 rings (SSSR count). The summed E-state index contributed by atoms with van der Waals surface area (Å²) >= 11 is 11.4. The van der Waals surface area contributed by atoms with Crippen LogP contribution in [0, 0.1) is 0 Å². The highest BCUT2D eigenvalue weighted by Crippen LogP contribution is 2.39. The topological polar surface area (TPSA) is 15.8 Å². The first kappa shape index (κ1) is 12.2. The zero-order chi connectivity index (χ0) is 12.5. The maximum atomic E-state index is 6.06. The van der Waals surface area contributed by atoms with E-state index in [1.807, 2.05) is 36.4 Å². The van der Waals surface area contributed by atoms with Crippen LogP contribution in [0.25, 0.3) is 10.9 Å². The largest absolute Gasteiger partial charge is 0.348 e. The van der Waals surface area contributed by atoms with Gasteiger partial charge in [-0.15, -0.1) is 0 Å². The molecule has 0 radical (unpaired) electrons. The molecule has 18 heavy (non-hydrogen) atoms. The second-order valence-corrected chi connectivity index (χ2v) is 6.19. The Morgan fingerprint density at radius 2 is 1.83 bits per heavy atom. The van der Waals surface area contributed by atoms with Crippen LogP contribution in [-0.4, -0.2) is 4.98 Å². The Labute approximate surface area is 123 Å². The minimum absolute atomic E-state index is 0.754. The van der Waals surface area contributed by atoms with Crippen molar-refractivity contribution in [2.24, 2.45) is 0 Å². The van der Waals surface area contributed by atoms with Gasteiger partial charge in [-0.2, -0.15) is 0 Å². The van der Waals surface area contributed by atoms with Crippen LogP contribution < -0.4 is 0 Å². The number of nitrogens with one attached hydrogen (secondary N) is 1. The third-order valence-electron chi connectivity index (χ3n) is 2.63. The Hall–Kier alpha value is -0.900. The molecule has 0 unspecified atom stereocenters. The van der Waals surface area contributed by atoms with Gasteiger partial charge < -0.3 is 4.98 Å². The van der Waals surface area contributed by atoms with E-state index in [0.717, 1.165) is 20.5 Å². The van der Waals surface area contributed by atoms with E-state index in [0.29, 0.717) is 0 Å². The Morgan fingerprint density at radius 1 is 1.06 bits per heavy atom. The number of H-pyrrole nitrogens is 1. The lowest BCUT2D eigenvalue weighted by Gasteiger charge is -2.01. The first-order valence-corrected chi connectivity index (χ1v) is 7.42. The highest BCUT2D eigenvalue weighted by molar-refractivity contribution is 9.10. The lowest BCUT2D eigenvalue weighted by atomic mass is 10.2. The summed E-state index contributed by atoms with van der Waals surface area (Å²) in [5.74, 6) is 0. The van der Waals surface area contributed by atoms with Crippen LogP contribution in [0.1, 0.15) is 0 Å². The fourth-order valence-corrected chi connectivity index (χ4v) is 3.60. The quantitative estimate of drug-likeness (QED) is 0.630. The lowest BCUT2D eigenvalue weighted by Crippen LogP contribution is -1.72. The predicted octanol–water partition coefficient (Wildman–Crippen LogP) is 5.74. The fourth-order valence-electron chi connectivity index (χ4n) is 1.81. The molecule has 0 aliphatic carbocycles. The van der Waals surface area contributed by atoms with Crippen molar-refractivity contribution < 1.29 is 0 Å². The summed E-state index contributed by atoms with van der Waals surface area (Å²) < 4.78 is 0.994. The highest BCUT2D eigenvalue weighted by atomic mass is 79.9. The molecule has 0 bridgehead atoms. The summed E-state index contributed by atoms with van der Waals surface area (Å²) in [5, 5.41) is 1.90. The van der Waals surface area contributed by atoms with E-state index in [4.69, 9.17) is 11.6 Å². The number of hydrogen-bond donors (Lipinski definition) is 1. The van der Waals surface area contributed by atoms with Gasteiger partial charge in [0.15, 0.2) is 0 Å². The van der Waals surface area contributed by atoms with Crippen molar-refractivity contribution in [3.8, 4) is 0 Å². The maximum Gasteiger partial charge on any atom is 0.0972 e. The molecule has 1 N–H and O–H groups in total. The first-order valence-electron chi connectivity index (χ1n) is 5.43. The lowest BCUT2D eigenvalue weighted by molar-refractivity contribution is 1.33. The summed E-state index contributed by atoms with van der Waals surface area (Å²) in [6.45, 7) is 0. The van der Waals surface area contributed by atoms with Crippen LogP contribution in [0.15, 0.2) is 62.9 Å². The van der Waals surface area contributed by atoms with Crippen molar-refractivity contribution in [3.05, 3.63) is 58.2 Å². The Kier molecular flexibility index (Phi) is 3.37. The molecule has 0 saturated carbocycles. The van der Waals surface area contributed by atoms with E-state index in [1.54, 1.807) is 11.8 Å². The minimum atomic E-state index is 0.754. The Bertz CT molecular complexity index is 694. The van der Waals surface area contributed by atoms with Crippen LogP contribution in [0.3, 0.4) is 0 Å². The van der Waals surface area contributed by atoms with Gasteiger partial charge in [-0.25, -0.2) is 0 Å². The Balaban J connectivity index is 2.11. The van der Waals surface area contributed by atoms with Crippen molar-refractivity contribution in [1.29, 1.82) is 0 Å². The van der Waals surface area contributed by atoms with Gasteiger partial charge in [-0.05, 0) is 46.3 Å². The average Bonchev–Trinajstić information content (AvgIpc) is 2.67. The monoisotopic (exact) mass is 337 g/mol. The molecule has 1 nitrogen and oxygen atoms in total. The number of fused-ring (bicyclic) bond motifs is 1. The van der Waals surface area contributed by atoms with Gasteiger partial charge in [0.1, 0.15) is 0 Å². The first-order chi connectivity index (χ1) is 8.74. The van der Waals surface area contributed by atoms with Gasteiger partial charge in [-0.3, -0.25) is 0 Å². The van der Waals surface area contributed by atoms with Gasteiger partial charge in [0.2, 0.25) is 0 Å². The second kappa shape index (κ2) is 5.00. The van der Waals surface area contributed by atoms with Gasteiger partial charge in [-0.1, -0.05) is 41.6 Å². The number of benzene rings is 2. The molecule has 1 heterocycles. The molecular formula is C14H9BrClNS. The molecule has 90 valence electrons. The molecule has 0 aliphatic rings. The molecule has 0 fully saturated rings. The van der Waals surface area contributed by atoms with E-state index in [2.05, 4.69) is 33.0 Å². The van der Waals surface area contributed by atoms with Crippen molar-refractivity contribution in [2.45, 2.75) is 9.79 Å². The van der Waals surface area contributed by atoms with Crippen molar-refractivity contribution in [2.75, 3.05) is 0 Å². The van der Waals surface area contributed by atoms with E-state index < -0.39 is 0 Å². The van der Waals surface area contributed by atoms with Gasteiger partial charge >= 0.3 is 0 Å². The fraction of sp³-hybridized carbons (Fsp3) is 0. The molecule has 0 aliphatic heterocycles. The summed E-state index contributed by atoms with van der Waals surface area (Å²) in [6, 6.07) is 16.2. The number of halogens is 2. The molecule has 0 amide bonds. The number of hydrogen-bond acceptors (Lipinski definition) is 1. The normalized spacial score (nSPS) is 11.0. The van der Waals surface area contributed by atoms with Gasteiger partial charge in [0, 0.05) is 20.8 Å². The van der Waals surface area contributed by atoms with Crippen molar-refractivity contribution in [3.63, 3.8) is 0 Å². The molecule has 3 aromatic rings. The summed E-state index contributed by atoms with van der Waals surface area (Å²) in [4.78, 5) is 5.68. The molecule has 4 heteroatoms. The van der Waals surface area contributed by atoms with Crippen LogP contribution in [-0.2, 0) is 0 Å². The van der Waals surface area contributed by atoms with Crippen molar-refractivity contribution >= 4 is 50.2 Å². The highest BCUT2D eigenvalue weighted by Gasteiger charge is 2.11. The Morgan fingerprint density at radius 3 is 2.61 bits per heavy atom. The zero-order valence-electron chi connectivity index (χ0n) is 9.28. The van der Waals surface area contributed by atoms with E-state index in [1.165, 1.54) is 9.79 Å². The van der Waals surface area contributed by atoms with Gasteiger partial charge in [0.05, 0.1) is 9.50 Å². The molecule has 1 aromatic heterocycles. The molecule has 0 atom stereocenters. The number of rotatable bonds is 2. The van der Waals surface area contributed by atoms with Crippen LogP contribution in [0.2, 0.25) is 5.02 Å². The smallest absolute Gasteiger partial charge is 0.0972 e. The molecule has 0 spiro atoms. The number of aromatic nitrogens is 1. The maximum absolute atomic E-state index is 6.06. The number of aromatic amines is 1. The summed E-state index contributed by atoms with van der Waals surface area (Å²) in [5.41, 5.74) is 1.09. The third kappa shape index (κ3) is 2.30. The van der Waals surface area contributed by atoms with Crippen molar-refractivity contribution in [1.82, 2.24) is 4.98 Å². The van der Waals surface area contributed by atoms with E-state index >= 15 is 0 Å². The summed E-state index contributed by atoms with van der Waals surface area (Å²) in [6.07, 6.45) is 0. The molecule has 0 saturated heterocycles. The molecular weight excluding hydrogens is 330 g/mol. The summed E-state index contributed by atoms with van der Waals surface area (Å²) in [7, 11) is 0. The predicted molar refractivity (Wildman–Crippen MR) is 81.6 cm³/mol. The van der Waals surface area contributed by atoms with E-state index in [-0.39, 0.29) is 0 Å². The SMILES string of the molecule is Clc1ccc2[nH]c(Br)c(Sc3ccccc3)c2c1. The second-order valence-electron chi connectivity index (χ2n) is 3.87. The third-order valence-corrected chi connectivity index (χ3v) is 4.86. The van der Waals surface area contributed by atoms with E-state index in [9.17, 15) is 0 Å². The minimum Gasteiger partial charge on any atom is -0.348 e. The van der Waals surface area contributed by atoms with Crippen LogP contribution in [0.5, 0.6) is 0 Å². The van der Waals surface area contributed by atoms with Crippen LogP contribution in [0.4, 0.5) is 0 Å². The zero-order valence-corrected chi connectivity index (χ0v) is 12.4. The van der Waals surface area contributed by atoms with Gasteiger partial charge in [0.25, 0.3) is 0 Å². The molecule has 2 aromatic carbocycles. The average molecular weight is 339 g/mol.